The van der Waals surface area contributed by atoms with E-state index in [1.54, 1.807) is 28.4 Å². The average molecular weight is 329 g/mol. The Kier molecular flexibility index (Phi) is 4.65. The zero-order valence-electron chi connectivity index (χ0n) is 12.1. The predicted octanol–water partition coefficient (Wildman–Crippen LogP) is 2.64. The van der Waals surface area contributed by atoms with E-state index in [0.29, 0.717) is 17.9 Å². The predicted molar refractivity (Wildman–Crippen MR) is 89.5 cm³/mol. The number of anilines is 2. The van der Waals surface area contributed by atoms with Crippen LogP contribution in [0.5, 0.6) is 0 Å². The summed E-state index contributed by atoms with van der Waals surface area (Å²) in [5.41, 5.74) is 2.19. The molecule has 0 radical (unpaired) electrons. The highest BCUT2D eigenvalue weighted by Crippen LogP contribution is 2.24. The first kappa shape index (κ1) is 15.2. The summed E-state index contributed by atoms with van der Waals surface area (Å²) < 4.78 is 1.55. The van der Waals surface area contributed by atoms with Crippen LogP contribution in [0, 0.1) is 0 Å². The van der Waals surface area contributed by atoms with E-state index < -0.39 is 0 Å². The van der Waals surface area contributed by atoms with E-state index in [2.05, 4.69) is 20.7 Å². The van der Waals surface area contributed by atoms with E-state index in [1.807, 2.05) is 29.6 Å². The molecule has 0 atom stereocenters. The van der Waals surface area contributed by atoms with Crippen molar-refractivity contribution in [2.75, 3.05) is 17.2 Å². The van der Waals surface area contributed by atoms with Crippen LogP contribution in [0.4, 0.5) is 16.2 Å². The van der Waals surface area contributed by atoms with Crippen molar-refractivity contribution in [2.45, 2.75) is 6.54 Å². The van der Waals surface area contributed by atoms with Gasteiger partial charge in [-0.3, -0.25) is 4.68 Å². The Morgan fingerprint density at radius 1 is 1.30 bits per heavy atom. The number of thiazole rings is 1. The number of aliphatic hydroxyl groups is 1. The van der Waals surface area contributed by atoms with Crippen molar-refractivity contribution in [3.63, 3.8) is 0 Å². The summed E-state index contributed by atoms with van der Waals surface area (Å²) in [6.07, 6.45) is 4.93. The molecule has 0 aliphatic carbocycles. The number of hydrogen-bond acceptors (Lipinski definition) is 5. The topological polar surface area (TPSA) is 92.1 Å². The number of hydrogen-bond donors (Lipinski definition) is 3. The number of nitrogens with zero attached hydrogens (tertiary/aromatic N) is 3. The van der Waals surface area contributed by atoms with Gasteiger partial charge in [0.15, 0.2) is 0 Å². The zero-order chi connectivity index (χ0) is 16.1. The van der Waals surface area contributed by atoms with Crippen LogP contribution in [0.3, 0.4) is 0 Å². The molecule has 0 spiro atoms. The van der Waals surface area contributed by atoms with Crippen molar-refractivity contribution in [3.8, 4) is 10.6 Å². The molecule has 1 aromatic carbocycles. The van der Waals surface area contributed by atoms with Crippen LogP contribution >= 0.6 is 11.3 Å². The lowest BCUT2D eigenvalue weighted by molar-refractivity contribution is 0.262. The molecule has 0 aliphatic heterocycles. The van der Waals surface area contributed by atoms with Crippen molar-refractivity contribution in [1.82, 2.24) is 14.8 Å². The molecule has 23 heavy (non-hydrogen) atoms. The lowest BCUT2D eigenvalue weighted by atomic mass is 10.2. The van der Waals surface area contributed by atoms with Crippen LogP contribution in [0.15, 0.2) is 48.2 Å². The highest BCUT2D eigenvalue weighted by Gasteiger charge is 2.06. The molecule has 2 aromatic heterocycles. The van der Waals surface area contributed by atoms with Gasteiger partial charge >= 0.3 is 6.03 Å². The molecule has 118 valence electrons. The Labute approximate surface area is 136 Å². The molecule has 3 rings (SSSR count). The normalized spacial score (nSPS) is 10.5. The van der Waals surface area contributed by atoms with Crippen molar-refractivity contribution in [1.29, 1.82) is 0 Å². The molecule has 0 bridgehead atoms. The molecule has 3 N–H and O–H groups in total. The third kappa shape index (κ3) is 3.93. The van der Waals surface area contributed by atoms with Crippen LogP contribution < -0.4 is 10.6 Å². The molecule has 3 aromatic rings. The number of urea groups is 1. The average Bonchev–Trinajstić information content (AvgIpc) is 3.20. The van der Waals surface area contributed by atoms with E-state index >= 15 is 0 Å². The fourth-order valence-electron chi connectivity index (χ4n) is 2.04. The second-order valence-electron chi connectivity index (χ2n) is 4.71. The van der Waals surface area contributed by atoms with E-state index in [1.165, 1.54) is 6.20 Å². The van der Waals surface area contributed by atoms with E-state index in [4.69, 9.17) is 5.11 Å². The maximum atomic E-state index is 12.0. The molecule has 0 saturated carbocycles. The van der Waals surface area contributed by atoms with Gasteiger partial charge in [-0.05, 0) is 12.1 Å². The fourth-order valence-corrected chi connectivity index (χ4v) is 2.68. The minimum Gasteiger partial charge on any atom is -0.394 e. The number of aromatic nitrogens is 3. The first-order valence-electron chi connectivity index (χ1n) is 6.96. The minimum absolute atomic E-state index is 0.00311. The summed E-state index contributed by atoms with van der Waals surface area (Å²) in [5, 5.41) is 21.1. The van der Waals surface area contributed by atoms with Crippen LogP contribution in [0.1, 0.15) is 0 Å². The van der Waals surface area contributed by atoms with Crippen molar-refractivity contribution in [2.24, 2.45) is 0 Å². The number of benzene rings is 1. The van der Waals surface area contributed by atoms with Crippen LogP contribution in [0.25, 0.3) is 10.6 Å². The standard InChI is InChI=1S/C15H15N5O2S/c21-6-5-20-10-13(9-17-20)19-15(22)18-12-3-1-2-11(8-12)14-16-4-7-23-14/h1-4,7-10,21H,5-6H2,(H2,18,19,22). The number of amides is 2. The molecule has 0 saturated heterocycles. The van der Waals surface area contributed by atoms with Gasteiger partial charge in [-0.1, -0.05) is 12.1 Å². The first-order valence-corrected chi connectivity index (χ1v) is 7.84. The molecule has 0 aliphatic rings. The van der Waals surface area contributed by atoms with Crippen LogP contribution in [-0.2, 0) is 6.54 Å². The summed E-state index contributed by atoms with van der Waals surface area (Å²) in [7, 11) is 0. The van der Waals surface area contributed by atoms with E-state index in [0.717, 1.165) is 10.6 Å². The lowest BCUT2D eigenvalue weighted by Gasteiger charge is -2.07. The third-order valence-corrected chi connectivity index (χ3v) is 3.84. The lowest BCUT2D eigenvalue weighted by Crippen LogP contribution is -2.19. The molecular formula is C15H15N5O2S. The largest absolute Gasteiger partial charge is 0.394 e. The Morgan fingerprint density at radius 3 is 2.96 bits per heavy atom. The Balaban J connectivity index is 1.64. The quantitative estimate of drug-likeness (QED) is 0.671. The molecule has 0 unspecified atom stereocenters. The van der Waals surface area contributed by atoms with E-state index in [-0.39, 0.29) is 12.6 Å². The molecule has 8 heteroatoms. The number of carbonyl (C=O) groups excluding carboxylic acids is 1. The summed E-state index contributed by atoms with van der Waals surface area (Å²) in [6, 6.07) is 7.14. The minimum atomic E-state index is -0.357. The summed E-state index contributed by atoms with van der Waals surface area (Å²) in [4.78, 5) is 16.3. The van der Waals surface area contributed by atoms with Gasteiger partial charge in [0.25, 0.3) is 0 Å². The van der Waals surface area contributed by atoms with Crippen molar-refractivity contribution < 1.29 is 9.90 Å². The second kappa shape index (κ2) is 7.03. The Morgan fingerprint density at radius 2 is 2.17 bits per heavy atom. The number of aliphatic hydroxyl groups excluding tert-OH is 1. The Bertz CT molecular complexity index is 785. The maximum Gasteiger partial charge on any atom is 0.323 e. The SMILES string of the molecule is O=C(Nc1cccc(-c2nccs2)c1)Nc1cnn(CCO)c1. The summed E-state index contributed by atoms with van der Waals surface area (Å²) >= 11 is 1.54. The van der Waals surface area contributed by atoms with Gasteiger partial charge in [0, 0.05) is 29.0 Å². The smallest absolute Gasteiger partial charge is 0.323 e. The number of rotatable bonds is 5. The monoisotopic (exact) mass is 329 g/mol. The number of carbonyl (C=O) groups is 1. The van der Waals surface area contributed by atoms with Gasteiger partial charge in [-0.2, -0.15) is 5.10 Å². The van der Waals surface area contributed by atoms with Gasteiger partial charge in [0.2, 0.25) is 0 Å². The molecular weight excluding hydrogens is 314 g/mol. The van der Waals surface area contributed by atoms with Gasteiger partial charge in [0.1, 0.15) is 5.01 Å². The van der Waals surface area contributed by atoms with E-state index in [9.17, 15) is 4.79 Å². The van der Waals surface area contributed by atoms with Gasteiger partial charge < -0.3 is 15.7 Å². The van der Waals surface area contributed by atoms with Crippen molar-refractivity contribution >= 4 is 28.7 Å². The highest BCUT2D eigenvalue weighted by atomic mass is 32.1. The molecule has 2 amide bonds. The summed E-state index contributed by atoms with van der Waals surface area (Å²) in [5.74, 6) is 0. The number of nitrogens with one attached hydrogen (secondary N) is 2. The first-order chi connectivity index (χ1) is 11.2. The molecule has 2 heterocycles. The van der Waals surface area contributed by atoms with Crippen LogP contribution in [-0.4, -0.2) is 32.5 Å². The maximum absolute atomic E-state index is 12.0. The third-order valence-electron chi connectivity index (χ3n) is 3.02. The Hall–Kier alpha value is -2.71. The summed E-state index contributed by atoms with van der Waals surface area (Å²) in [6.45, 7) is 0.385. The second-order valence-corrected chi connectivity index (χ2v) is 5.61. The molecule has 0 fully saturated rings. The van der Waals surface area contributed by atoms with Crippen LogP contribution in [0.2, 0.25) is 0 Å². The highest BCUT2D eigenvalue weighted by molar-refractivity contribution is 7.13. The molecule has 7 nitrogen and oxygen atoms in total. The zero-order valence-corrected chi connectivity index (χ0v) is 13.0. The fraction of sp³-hybridized carbons (Fsp3) is 0.133. The van der Waals surface area contributed by atoms with Crippen molar-refractivity contribution in [3.05, 3.63) is 48.2 Å². The van der Waals surface area contributed by atoms with Gasteiger partial charge in [-0.25, -0.2) is 9.78 Å². The van der Waals surface area contributed by atoms with Gasteiger partial charge in [-0.15, -0.1) is 11.3 Å². The van der Waals surface area contributed by atoms with Gasteiger partial charge in [0.05, 0.1) is 25.0 Å².